The third-order valence-electron chi connectivity index (χ3n) is 3.73. The van der Waals surface area contributed by atoms with E-state index in [1.807, 2.05) is 0 Å². The molecule has 0 saturated carbocycles. The van der Waals surface area contributed by atoms with Crippen LogP contribution in [-0.2, 0) is 15.5 Å². The van der Waals surface area contributed by atoms with Crippen molar-refractivity contribution in [1.82, 2.24) is 4.98 Å². The van der Waals surface area contributed by atoms with Crippen LogP contribution in [0, 0.1) is 0 Å². The molecule has 1 aliphatic rings. The normalized spacial score (nSPS) is 21.2. The molecule has 1 saturated heterocycles. The molecule has 0 amide bonds. The lowest BCUT2D eigenvalue weighted by molar-refractivity contribution is -0.137. The second-order valence-electron chi connectivity index (χ2n) is 5.75. The van der Waals surface area contributed by atoms with Crippen LogP contribution in [0.15, 0.2) is 12.1 Å². The smallest absolute Gasteiger partial charge is 0.398 e. The highest BCUT2D eigenvalue weighted by Gasteiger charge is 2.54. The number of hydrogen-bond donors (Lipinski definition) is 1. The summed E-state index contributed by atoms with van der Waals surface area (Å²) in [5.41, 5.74) is 2.76. The molecule has 20 heavy (non-hydrogen) atoms. The lowest BCUT2D eigenvalue weighted by Gasteiger charge is -2.32. The van der Waals surface area contributed by atoms with E-state index in [4.69, 9.17) is 15.0 Å². The van der Waals surface area contributed by atoms with E-state index in [0.29, 0.717) is 0 Å². The molecule has 1 aromatic heterocycles. The van der Waals surface area contributed by atoms with Gasteiger partial charge in [-0.1, -0.05) is 0 Å². The van der Waals surface area contributed by atoms with Crippen LogP contribution < -0.4 is 11.3 Å². The Hall–Kier alpha value is -1.28. The number of rotatable bonds is 1. The number of alkyl halides is 3. The predicted octanol–water partition coefficient (Wildman–Crippen LogP) is 1.98. The number of pyridine rings is 1. The standard InChI is InChI=1S/C12H16BF3N2O2/c1-10(2)11(3,4)20-13(19-10)9-7(12(14,15)16)5-6-8(17)18-9/h5-6H,1-4H3,(H2,17,18). The van der Waals surface area contributed by atoms with Crippen molar-refractivity contribution < 1.29 is 22.5 Å². The van der Waals surface area contributed by atoms with E-state index in [1.54, 1.807) is 27.7 Å². The van der Waals surface area contributed by atoms with Crippen LogP contribution in [0.25, 0.3) is 0 Å². The average molecular weight is 288 g/mol. The quantitative estimate of drug-likeness (QED) is 0.803. The van der Waals surface area contributed by atoms with E-state index in [0.717, 1.165) is 12.1 Å². The van der Waals surface area contributed by atoms with Gasteiger partial charge < -0.3 is 15.0 Å². The van der Waals surface area contributed by atoms with Crippen molar-refractivity contribution in [2.75, 3.05) is 5.73 Å². The van der Waals surface area contributed by atoms with E-state index >= 15 is 0 Å². The van der Waals surface area contributed by atoms with Crippen molar-refractivity contribution >= 4 is 18.5 Å². The molecule has 0 aromatic carbocycles. The fraction of sp³-hybridized carbons (Fsp3) is 0.583. The summed E-state index contributed by atoms with van der Waals surface area (Å²) >= 11 is 0. The molecule has 1 fully saturated rings. The molecular formula is C12H16BF3N2O2. The molecule has 8 heteroatoms. The summed E-state index contributed by atoms with van der Waals surface area (Å²) in [5, 5.41) is 0. The molecule has 1 aliphatic heterocycles. The van der Waals surface area contributed by atoms with Gasteiger partial charge >= 0.3 is 13.3 Å². The highest BCUT2D eigenvalue weighted by Crippen LogP contribution is 2.37. The molecule has 0 unspecified atom stereocenters. The van der Waals surface area contributed by atoms with Crippen molar-refractivity contribution in [3.05, 3.63) is 17.7 Å². The molecule has 0 spiro atoms. The van der Waals surface area contributed by atoms with Crippen molar-refractivity contribution in [2.24, 2.45) is 0 Å². The number of anilines is 1. The van der Waals surface area contributed by atoms with Crippen LogP contribution in [0.5, 0.6) is 0 Å². The van der Waals surface area contributed by atoms with Gasteiger partial charge in [-0.25, -0.2) is 4.98 Å². The maximum atomic E-state index is 13.0. The Morgan fingerprint density at radius 1 is 1.10 bits per heavy atom. The highest BCUT2D eigenvalue weighted by atomic mass is 19.4. The van der Waals surface area contributed by atoms with Crippen LogP contribution in [0.2, 0.25) is 0 Å². The minimum absolute atomic E-state index is 0.0114. The van der Waals surface area contributed by atoms with Gasteiger partial charge in [-0.05, 0) is 39.8 Å². The van der Waals surface area contributed by atoms with E-state index in [2.05, 4.69) is 4.98 Å². The van der Waals surface area contributed by atoms with E-state index < -0.39 is 30.1 Å². The van der Waals surface area contributed by atoms with Gasteiger partial charge in [0.2, 0.25) is 0 Å². The molecular weight excluding hydrogens is 272 g/mol. The van der Waals surface area contributed by atoms with Crippen molar-refractivity contribution in [3.8, 4) is 0 Å². The molecule has 0 radical (unpaired) electrons. The zero-order chi connectivity index (χ0) is 15.3. The number of halogens is 3. The summed E-state index contributed by atoms with van der Waals surface area (Å²) in [5.74, 6) is -0.0114. The average Bonchev–Trinajstić information content (AvgIpc) is 2.46. The van der Waals surface area contributed by atoms with Gasteiger partial charge in [0.05, 0.1) is 22.4 Å². The third kappa shape index (κ3) is 2.49. The van der Waals surface area contributed by atoms with E-state index in [-0.39, 0.29) is 11.4 Å². The minimum atomic E-state index is -4.54. The van der Waals surface area contributed by atoms with Crippen LogP contribution in [0.3, 0.4) is 0 Å². The van der Waals surface area contributed by atoms with Gasteiger partial charge in [0, 0.05) is 0 Å². The molecule has 0 aliphatic carbocycles. The zero-order valence-electron chi connectivity index (χ0n) is 11.7. The number of hydrogen-bond acceptors (Lipinski definition) is 4. The molecule has 4 nitrogen and oxygen atoms in total. The van der Waals surface area contributed by atoms with Gasteiger partial charge in [0.15, 0.2) is 0 Å². The maximum absolute atomic E-state index is 13.0. The minimum Gasteiger partial charge on any atom is -0.398 e. The lowest BCUT2D eigenvalue weighted by atomic mass is 9.80. The Kier molecular flexibility index (Phi) is 3.30. The zero-order valence-corrected chi connectivity index (χ0v) is 11.7. The van der Waals surface area contributed by atoms with Crippen LogP contribution >= 0.6 is 0 Å². The van der Waals surface area contributed by atoms with Gasteiger partial charge in [0.1, 0.15) is 5.82 Å². The van der Waals surface area contributed by atoms with Crippen molar-refractivity contribution in [2.45, 2.75) is 45.1 Å². The Morgan fingerprint density at radius 2 is 1.60 bits per heavy atom. The Labute approximate surface area is 115 Å². The first kappa shape index (κ1) is 15.1. The van der Waals surface area contributed by atoms with E-state index in [9.17, 15) is 13.2 Å². The van der Waals surface area contributed by atoms with Crippen molar-refractivity contribution in [3.63, 3.8) is 0 Å². The topological polar surface area (TPSA) is 57.4 Å². The number of aromatic nitrogens is 1. The molecule has 2 heterocycles. The Balaban J connectivity index is 2.47. The molecule has 1 aromatic rings. The molecule has 2 N–H and O–H groups in total. The highest BCUT2D eigenvalue weighted by molar-refractivity contribution is 6.61. The maximum Gasteiger partial charge on any atom is 0.515 e. The summed E-state index contributed by atoms with van der Waals surface area (Å²) < 4.78 is 50.3. The summed E-state index contributed by atoms with van der Waals surface area (Å²) in [6, 6.07) is 2.00. The first-order valence-electron chi connectivity index (χ1n) is 6.13. The molecule has 2 rings (SSSR count). The number of nitrogens with two attached hydrogens (primary N) is 1. The van der Waals surface area contributed by atoms with E-state index in [1.165, 1.54) is 0 Å². The fourth-order valence-electron chi connectivity index (χ4n) is 1.86. The molecule has 0 atom stereocenters. The largest absolute Gasteiger partial charge is 0.515 e. The summed E-state index contributed by atoms with van der Waals surface area (Å²) in [7, 11) is -1.19. The Morgan fingerprint density at radius 3 is 2.05 bits per heavy atom. The first-order valence-corrected chi connectivity index (χ1v) is 6.13. The van der Waals surface area contributed by atoms with Gasteiger partial charge in [0.25, 0.3) is 0 Å². The summed E-state index contributed by atoms with van der Waals surface area (Å²) in [6.07, 6.45) is -4.54. The summed E-state index contributed by atoms with van der Waals surface area (Å²) in [6.45, 7) is 7.03. The SMILES string of the molecule is CC1(C)OB(c2nc(N)ccc2C(F)(F)F)OC1(C)C. The van der Waals surface area contributed by atoms with Crippen LogP contribution in [0.4, 0.5) is 19.0 Å². The molecule has 110 valence electrons. The predicted molar refractivity (Wildman–Crippen MR) is 69.4 cm³/mol. The Bertz CT molecular complexity index is 516. The molecule has 0 bridgehead atoms. The fourth-order valence-corrected chi connectivity index (χ4v) is 1.86. The van der Waals surface area contributed by atoms with Gasteiger partial charge in [-0.15, -0.1) is 0 Å². The van der Waals surface area contributed by atoms with Crippen molar-refractivity contribution in [1.29, 1.82) is 0 Å². The monoisotopic (exact) mass is 288 g/mol. The second-order valence-corrected chi connectivity index (χ2v) is 5.75. The van der Waals surface area contributed by atoms with Crippen LogP contribution in [-0.4, -0.2) is 23.3 Å². The third-order valence-corrected chi connectivity index (χ3v) is 3.73. The first-order chi connectivity index (χ1) is 8.94. The summed E-state index contributed by atoms with van der Waals surface area (Å²) in [4.78, 5) is 3.76. The number of nitrogens with zero attached hydrogens (tertiary/aromatic N) is 1. The van der Waals surface area contributed by atoms with Gasteiger partial charge in [-0.2, -0.15) is 13.2 Å². The van der Waals surface area contributed by atoms with Gasteiger partial charge in [-0.3, -0.25) is 0 Å². The lowest BCUT2D eigenvalue weighted by Crippen LogP contribution is -2.41. The van der Waals surface area contributed by atoms with Crippen LogP contribution in [0.1, 0.15) is 33.3 Å². The number of nitrogen functional groups attached to an aromatic ring is 1. The second kappa shape index (κ2) is 4.36.